The van der Waals surface area contributed by atoms with Crippen molar-refractivity contribution in [2.75, 3.05) is 26.4 Å². The summed E-state index contributed by atoms with van der Waals surface area (Å²) in [6.07, 6.45) is 0. The summed E-state index contributed by atoms with van der Waals surface area (Å²) in [5.74, 6) is 1.07. The second-order valence-corrected chi connectivity index (χ2v) is 5.61. The normalized spacial score (nSPS) is 26.7. The van der Waals surface area contributed by atoms with Gasteiger partial charge in [0.25, 0.3) is 0 Å². The third kappa shape index (κ3) is 1.85. The van der Waals surface area contributed by atoms with Gasteiger partial charge in [0.2, 0.25) is 0 Å². The first kappa shape index (κ1) is 11.8. The van der Waals surface area contributed by atoms with Crippen molar-refractivity contribution < 1.29 is 14.6 Å². The van der Waals surface area contributed by atoms with Gasteiger partial charge in [0.1, 0.15) is 18.1 Å². The van der Waals surface area contributed by atoms with Gasteiger partial charge in [0.15, 0.2) is 0 Å². The molecule has 0 bridgehead atoms. The zero-order valence-corrected chi connectivity index (χ0v) is 10.8. The van der Waals surface area contributed by atoms with Gasteiger partial charge >= 0.3 is 0 Å². The molecule has 0 amide bonds. The smallest absolute Gasteiger partial charge is 0.128 e. The number of nitrogens with zero attached hydrogens (tertiary/aromatic N) is 1. The highest BCUT2D eigenvalue weighted by Gasteiger charge is 2.39. The van der Waals surface area contributed by atoms with Gasteiger partial charge in [-0.1, -0.05) is 0 Å². The highest BCUT2D eigenvalue weighted by molar-refractivity contribution is 5.44. The molecular formula is C14H19NO3. The van der Waals surface area contributed by atoms with E-state index in [0.29, 0.717) is 6.61 Å². The molecule has 1 fully saturated rings. The molecule has 2 heterocycles. The number of benzene rings is 1. The van der Waals surface area contributed by atoms with Gasteiger partial charge in [0, 0.05) is 23.7 Å². The number of fused-ring (bicyclic) bond motifs is 1. The molecule has 4 heteroatoms. The maximum Gasteiger partial charge on any atom is 0.128 e. The van der Waals surface area contributed by atoms with E-state index in [1.54, 1.807) is 12.1 Å². The van der Waals surface area contributed by atoms with Crippen molar-refractivity contribution in [2.45, 2.75) is 25.4 Å². The summed E-state index contributed by atoms with van der Waals surface area (Å²) in [5.41, 5.74) is 1.19. The topological polar surface area (TPSA) is 41.9 Å². The number of hydrogen-bond donors (Lipinski definition) is 1. The lowest BCUT2D eigenvalue weighted by atomic mass is 9.96. The number of rotatable bonds is 1. The van der Waals surface area contributed by atoms with Crippen molar-refractivity contribution in [1.82, 2.24) is 4.90 Å². The summed E-state index contributed by atoms with van der Waals surface area (Å²) in [4.78, 5) is 2.44. The molecule has 2 aliphatic rings. The van der Waals surface area contributed by atoms with Crippen LogP contribution in [0.15, 0.2) is 18.2 Å². The van der Waals surface area contributed by atoms with Crippen molar-refractivity contribution in [3.05, 3.63) is 23.8 Å². The van der Waals surface area contributed by atoms with Gasteiger partial charge in [-0.2, -0.15) is 0 Å². The highest BCUT2D eigenvalue weighted by Crippen LogP contribution is 2.41. The number of morpholine rings is 1. The van der Waals surface area contributed by atoms with E-state index < -0.39 is 0 Å². The lowest BCUT2D eigenvalue weighted by Crippen LogP contribution is -2.54. The number of hydrogen-bond acceptors (Lipinski definition) is 4. The fourth-order valence-electron chi connectivity index (χ4n) is 2.89. The predicted molar refractivity (Wildman–Crippen MR) is 67.9 cm³/mol. The van der Waals surface area contributed by atoms with E-state index in [4.69, 9.17) is 9.47 Å². The van der Waals surface area contributed by atoms with Crippen LogP contribution in [0, 0.1) is 0 Å². The Kier molecular flexibility index (Phi) is 2.72. The minimum atomic E-state index is 0.0196. The molecular weight excluding hydrogens is 230 g/mol. The van der Waals surface area contributed by atoms with E-state index in [-0.39, 0.29) is 17.3 Å². The molecule has 1 aromatic rings. The third-order valence-corrected chi connectivity index (χ3v) is 3.84. The summed E-state index contributed by atoms with van der Waals surface area (Å²) in [6, 6.07) is 5.66. The average molecular weight is 249 g/mol. The Hall–Kier alpha value is -1.26. The lowest BCUT2D eigenvalue weighted by Gasteiger charge is -2.45. The number of phenolic OH excluding ortho intramolecular Hbond substituents is 1. The first-order valence-electron chi connectivity index (χ1n) is 6.38. The molecule has 3 rings (SSSR count). The molecule has 4 nitrogen and oxygen atoms in total. The Morgan fingerprint density at radius 1 is 1.39 bits per heavy atom. The van der Waals surface area contributed by atoms with Crippen LogP contribution >= 0.6 is 0 Å². The number of ether oxygens (including phenoxy) is 2. The molecule has 18 heavy (non-hydrogen) atoms. The molecule has 1 saturated heterocycles. The molecule has 98 valence electrons. The monoisotopic (exact) mass is 249 g/mol. The van der Waals surface area contributed by atoms with Crippen molar-refractivity contribution >= 4 is 0 Å². The van der Waals surface area contributed by atoms with Crippen LogP contribution in [-0.4, -0.2) is 41.9 Å². The van der Waals surface area contributed by atoms with Gasteiger partial charge in [-0.25, -0.2) is 0 Å². The molecule has 1 atom stereocenters. The molecule has 0 aromatic heterocycles. The van der Waals surface area contributed by atoms with Crippen molar-refractivity contribution in [1.29, 1.82) is 0 Å². The molecule has 1 unspecified atom stereocenters. The fraction of sp³-hybridized carbons (Fsp3) is 0.571. The fourth-order valence-corrected chi connectivity index (χ4v) is 2.89. The molecule has 0 aliphatic carbocycles. The van der Waals surface area contributed by atoms with E-state index in [1.165, 1.54) is 5.56 Å². The maximum absolute atomic E-state index is 9.48. The van der Waals surface area contributed by atoms with E-state index >= 15 is 0 Å². The summed E-state index contributed by atoms with van der Waals surface area (Å²) >= 11 is 0. The summed E-state index contributed by atoms with van der Waals surface area (Å²) in [5, 5.41) is 9.48. The second kappa shape index (κ2) is 4.14. The van der Waals surface area contributed by atoms with Crippen LogP contribution in [0.2, 0.25) is 0 Å². The van der Waals surface area contributed by atoms with Gasteiger partial charge in [0.05, 0.1) is 19.3 Å². The van der Waals surface area contributed by atoms with Crippen LogP contribution in [0.25, 0.3) is 0 Å². The standard InChI is InChI=1S/C14H19NO3/c1-14(2)9-17-6-5-15(14)12-8-18-13-7-10(16)3-4-11(12)13/h3-4,7,12,16H,5-6,8-9H2,1-2H3. The molecule has 1 aromatic carbocycles. The minimum Gasteiger partial charge on any atom is -0.508 e. The van der Waals surface area contributed by atoms with Gasteiger partial charge < -0.3 is 14.6 Å². The van der Waals surface area contributed by atoms with Crippen LogP contribution in [-0.2, 0) is 4.74 Å². The van der Waals surface area contributed by atoms with E-state index in [1.807, 2.05) is 6.07 Å². The van der Waals surface area contributed by atoms with E-state index in [2.05, 4.69) is 18.7 Å². The van der Waals surface area contributed by atoms with Crippen LogP contribution in [0.1, 0.15) is 25.5 Å². The summed E-state index contributed by atoms with van der Waals surface area (Å²) in [7, 11) is 0. The quantitative estimate of drug-likeness (QED) is 0.826. The molecule has 0 radical (unpaired) electrons. The summed E-state index contributed by atoms with van der Waals surface area (Å²) < 4.78 is 11.3. The van der Waals surface area contributed by atoms with Gasteiger partial charge in [-0.15, -0.1) is 0 Å². The Morgan fingerprint density at radius 3 is 3.00 bits per heavy atom. The van der Waals surface area contributed by atoms with Crippen LogP contribution in [0.4, 0.5) is 0 Å². The number of phenols is 1. The largest absolute Gasteiger partial charge is 0.508 e. The molecule has 2 aliphatic heterocycles. The maximum atomic E-state index is 9.48. The zero-order valence-electron chi connectivity index (χ0n) is 10.8. The predicted octanol–water partition coefficient (Wildman–Crippen LogP) is 1.94. The van der Waals surface area contributed by atoms with Crippen LogP contribution in [0.3, 0.4) is 0 Å². The van der Waals surface area contributed by atoms with Crippen molar-refractivity contribution in [3.63, 3.8) is 0 Å². The van der Waals surface area contributed by atoms with Crippen LogP contribution < -0.4 is 4.74 Å². The van der Waals surface area contributed by atoms with Gasteiger partial charge in [-0.05, 0) is 26.0 Å². The van der Waals surface area contributed by atoms with Crippen LogP contribution in [0.5, 0.6) is 11.5 Å². The first-order chi connectivity index (χ1) is 8.58. The minimum absolute atomic E-state index is 0.0196. The van der Waals surface area contributed by atoms with E-state index in [0.717, 1.165) is 25.5 Å². The zero-order chi connectivity index (χ0) is 12.8. The Labute approximate surface area is 107 Å². The highest BCUT2D eigenvalue weighted by atomic mass is 16.5. The van der Waals surface area contributed by atoms with Gasteiger partial charge in [-0.3, -0.25) is 4.90 Å². The molecule has 0 saturated carbocycles. The number of aromatic hydroxyl groups is 1. The second-order valence-electron chi connectivity index (χ2n) is 5.61. The van der Waals surface area contributed by atoms with E-state index in [9.17, 15) is 5.11 Å². The SMILES string of the molecule is CC1(C)COCCN1C1COc2cc(O)ccc21. The summed E-state index contributed by atoms with van der Waals surface area (Å²) in [6.45, 7) is 7.49. The average Bonchev–Trinajstić information content (AvgIpc) is 2.71. The molecule has 1 N–H and O–H groups in total. The Morgan fingerprint density at radius 2 is 2.22 bits per heavy atom. The lowest BCUT2D eigenvalue weighted by molar-refractivity contribution is -0.0752. The van der Waals surface area contributed by atoms with Crippen molar-refractivity contribution in [3.8, 4) is 11.5 Å². The first-order valence-corrected chi connectivity index (χ1v) is 6.38. The molecule has 0 spiro atoms. The van der Waals surface area contributed by atoms with Crippen molar-refractivity contribution in [2.24, 2.45) is 0 Å². The third-order valence-electron chi connectivity index (χ3n) is 3.84. The Bertz CT molecular complexity index is 458. The Balaban J connectivity index is 1.91.